The number of methoxy groups -OCH3 is 2. The lowest BCUT2D eigenvalue weighted by Crippen LogP contribution is -2.17. The number of hydrogen-bond acceptors (Lipinski definition) is 3. The predicted octanol–water partition coefficient (Wildman–Crippen LogP) is 4.66. The number of carbonyl (C=O) groups excluding carboxylic acids is 1. The zero-order chi connectivity index (χ0) is 18.4. The summed E-state index contributed by atoms with van der Waals surface area (Å²) in [4.78, 5) is 12.6. The molecule has 2 rings (SSSR count). The lowest BCUT2D eigenvalue weighted by molar-refractivity contribution is -0.115. The summed E-state index contributed by atoms with van der Waals surface area (Å²) in [6.07, 6.45) is 1.77. The van der Waals surface area contributed by atoms with E-state index in [1.54, 1.807) is 20.3 Å². The van der Waals surface area contributed by atoms with Gasteiger partial charge in [-0.15, -0.1) is 0 Å². The normalized spacial score (nSPS) is 10.4. The summed E-state index contributed by atoms with van der Waals surface area (Å²) in [7, 11) is 3.18. The standard InChI is InChI=1S/C20H24ClNO3/c1-5-13-7-9-17(21)16(6-2)20(13)22-19(23)12-14-11-15(24-3)8-10-18(14)25-4/h7-11H,5-6,12H2,1-4H3,(H,22,23). The SMILES string of the molecule is CCc1ccc(Cl)c(CC)c1NC(=O)Cc1cc(OC)ccc1OC. The highest BCUT2D eigenvalue weighted by molar-refractivity contribution is 6.32. The molecule has 2 aromatic rings. The minimum atomic E-state index is -0.113. The molecule has 5 heteroatoms. The third kappa shape index (κ3) is 4.45. The molecule has 0 aliphatic rings. The third-order valence-electron chi connectivity index (χ3n) is 4.18. The first kappa shape index (κ1) is 19.1. The summed E-state index contributed by atoms with van der Waals surface area (Å²) in [6.45, 7) is 4.09. The molecule has 0 fully saturated rings. The van der Waals surface area contributed by atoms with Crippen LogP contribution in [0.4, 0.5) is 5.69 Å². The van der Waals surface area contributed by atoms with Crippen molar-refractivity contribution in [3.05, 3.63) is 52.0 Å². The van der Waals surface area contributed by atoms with Gasteiger partial charge in [0.25, 0.3) is 0 Å². The van der Waals surface area contributed by atoms with Gasteiger partial charge in [-0.05, 0) is 48.2 Å². The summed E-state index contributed by atoms with van der Waals surface area (Å²) >= 11 is 6.30. The number of anilines is 1. The average molecular weight is 362 g/mol. The lowest BCUT2D eigenvalue weighted by Gasteiger charge is -2.16. The molecule has 0 aliphatic carbocycles. The number of rotatable bonds is 7. The van der Waals surface area contributed by atoms with Crippen LogP contribution in [0, 0.1) is 0 Å². The van der Waals surface area contributed by atoms with Gasteiger partial charge in [0.1, 0.15) is 11.5 Å². The van der Waals surface area contributed by atoms with E-state index in [9.17, 15) is 4.79 Å². The Balaban J connectivity index is 2.28. The zero-order valence-corrected chi connectivity index (χ0v) is 15.9. The molecule has 0 atom stereocenters. The summed E-state index contributed by atoms with van der Waals surface area (Å²) < 4.78 is 10.6. The molecule has 0 spiro atoms. The maximum absolute atomic E-state index is 12.6. The Kier molecular flexibility index (Phi) is 6.71. The first-order valence-electron chi connectivity index (χ1n) is 8.34. The van der Waals surface area contributed by atoms with Crippen molar-refractivity contribution in [1.82, 2.24) is 0 Å². The fraction of sp³-hybridized carbons (Fsp3) is 0.350. The summed E-state index contributed by atoms with van der Waals surface area (Å²) in [5, 5.41) is 3.71. The van der Waals surface area contributed by atoms with E-state index in [0.29, 0.717) is 16.5 Å². The third-order valence-corrected chi connectivity index (χ3v) is 4.53. The van der Waals surface area contributed by atoms with E-state index in [0.717, 1.165) is 35.2 Å². The van der Waals surface area contributed by atoms with Crippen molar-refractivity contribution in [3.8, 4) is 11.5 Å². The Bertz CT molecular complexity index is 759. The molecule has 0 unspecified atom stereocenters. The fourth-order valence-corrected chi connectivity index (χ4v) is 3.13. The van der Waals surface area contributed by atoms with E-state index in [1.807, 2.05) is 31.2 Å². The maximum atomic E-state index is 12.6. The Morgan fingerprint density at radius 2 is 1.80 bits per heavy atom. The van der Waals surface area contributed by atoms with E-state index >= 15 is 0 Å². The molecule has 2 aromatic carbocycles. The van der Waals surface area contributed by atoms with Crippen LogP contribution in [0.1, 0.15) is 30.5 Å². The second-order valence-corrected chi connectivity index (χ2v) is 6.08. The van der Waals surface area contributed by atoms with Crippen molar-refractivity contribution in [2.75, 3.05) is 19.5 Å². The zero-order valence-electron chi connectivity index (χ0n) is 15.1. The molecule has 1 amide bonds. The van der Waals surface area contributed by atoms with Gasteiger partial charge in [-0.25, -0.2) is 0 Å². The second kappa shape index (κ2) is 8.77. The minimum Gasteiger partial charge on any atom is -0.497 e. The van der Waals surface area contributed by atoms with Gasteiger partial charge in [0.05, 0.1) is 20.6 Å². The number of aryl methyl sites for hydroxylation is 1. The molecule has 0 aromatic heterocycles. The Hall–Kier alpha value is -2.20. The Morgan fingerprint density at radius 1 is 1.04 bits per heavy atom. The lowest BCUT2D eigenvalue weighted by atomic mass is 10.0. The molecular weight excluding hydrogens is 338 g/mol. The molecule has 0 saturated carbocycles. The number of carbonyl (C=O) groups is 1. The van der Waals surface area contributed by atoms with Crippen LogP contribution in [0.2, 0.25) is 5.02 Å². The van der Waals surface area contributed by atoms with Crippen LogP contribution in [0.15, 0.2) is 30.3 Å². The molecule has 0 bridgehead atoms. The van der Waals surface area contributed by atoms with Crippen LogP contribution in [-0.2, 0) is 24.1 Å². The van der Waals surface area contributed by atoms with Crippen LogP contribution in [-0.4, -0.2) is 20.1 Å². The molecule has 0 saturated heterocycles. The summed E-state index contributed by atoms with van der Waals surface area (Å²) in [5.74, 6) is 1.24. The van der Waals surface area contributed by atoms with Crippen LogP contribution < -0.4 is 14.8 Å². The molecule has 1 N–H and O–H groups in total. The number of halogens is 1. The highest BCUT2D eigenvalue weighted by Crippen LogP contribution is 2.30. The number of nitrogens with one attached hydrogen (secondary N) is 1. The van der Waals surface area contributed by atoms with Crippen molar-refractivity contribution < 1.29 is 14.3 Å². The first-order valence-corrected chi connectivity index (χ1v) is 8.72. The first-order chi connectivity index (χ1) is 12.0. The van der Waals surface area contributed by atoms with Crippen LogP contribution in [0.3, 0.4) is 0 Å². The van der Waals surface area contributed by atoms with E-state index in [-0.39, 0.29) is 12.3 Å². The van der Waals surface area contributed by atoms with Crippen molar-refractivity contribution in [2.45, 2.75) is 33.1 Å². The van der Waals surface area contributed by atoms with Gasteiger partial charge in [0.2, 0.25) is 5.91 Å². The Labute approximate surface area is 154 Å². The predicted molar refractivity (Wildman–Crippen MR) is 102 cm³/mol. The quantitative estimate of drug-likeness (QED) is 0.780. The average Bonchev–Trinajstić information content (AvgIpc) is 2.62. The van der Waals surface area contributed by atoms with E-state index in [1.165, 1.54) is 0 Å². The van der Waals surface area contributed by atoms with Gasteiger partial charge >= 0.3 is 0 Å². The smallest absolute Gasteiger partial charge is 0.228 e. The molecule has 0 aliphatic heterocycles. The number of ether oxygens (including phenoxy) is 2. The van der Waals surface area contributed by atoms with Crippen molar-refractivity contribution in [3.63, 3.8) is 0 Å². The molecule has 134 valence electrons. The summed E-state index contributed by atoms with van der Waals surface area (Å²) in [6, 6.07) is 9.28. The summed E-state index contributed by atoms with van der Waals surface area (Å²) in [5.41, 5.74) is 3.64. The molecular formula is C20H24ClNO3. The van der Waals surface area contributed by atoms with Crippen molar-refractivity contribution >= 4 is 23.2 Å². The maximum Gasteiger partial charge on any atom is 0.228 e. The molecule has 0 heterocycles. The van der Waals surface area contributed by atoms with Gasteiger partial charge in [-0.2, -0.15) is 0 Å². The van der Waals surface area contributed by atoms with E-state index < -0.39 is 0 Å². The molecule has 0 radical (unpaired) electrons. The molecule has 25 heavy (non-hydrogen) atoms. The van der Waals surface area contributed by atoms with Crippen LogP contribution in [0.25, 0.3) is 0 Å². The number of benzene rings is 2. The monoisotopic (exact) mass is 361 g/mol. The highest BCUT2D eigenvalue weighted by Gasteiger charge is 2.15. The fourth-order valence-electron chi connectivity index (χ4n) is 2.84. The second-order valence-electron chi connectivity index (χ2n) is 5.67. The van der Waals surface area contributed by atoms with Gasteiger partial charge in [-0.3, -0.25) is 4.79 Å². The number of amides is 1. The van der Waals surface area contributed by atoms with E-state index in [4.69, 9.17) is 21.1 Å². The van der Waals surface area contributed by atoms with Crippen LogP contribution in [0.5, 0.6) is 11.5 Å². The van der Waals surface area contributed by atoms with Gasteiger partial charge in [0.15, 0.2) is 0 Å². The largest absolute Gasteiger partial charge is 0.497 e. The van der Waals surface area contributed by atoms with Crippen molar-refractivity contribution in [2.24, 2.45) is 0 Å². The van der Waals surface area contributed by atoms with Gasteiger partial charge in [0, 0.05) is 16.3 Å². The Morgan fingerprint density at radius 3 is 2.40 bits per heavy atom. The number of hydrogen-bond donors (Lipinski definition) is 1. The minimum absolute atomic E-state index is 0.113. The molecule has 4 nitrogen and oxygen atoms in total. The van der Waals surface area contributed by atoms with Crippen LogP contribution >= 0.6 is 11.6 Å². The van der Waals surface area contributed by atoms with Crippen molar-refractivity contribution in [1.29, 1.82) is 0 Å². The highest BCUT2D eigenvalue weighted by atomic mass is 35.5. The van der Waals surface area contributed by atoms with E-state index in [2.05, 4.69) is 12.2 Å². The van der Waals surface area contributed by atoms with Gasteiger partial charge < -0.3 is 14.8 Å². The topological polar surface area (TPSA) is 47.6 Å². The van der Waals surface area contributed by atoms with Gasteiger partial charge in [-0.1, -0.05) is 31.5 Å².